The molecule has 0 bridgehead atoms. The van der Waals surface area contributed by atoms with Crippen molar-refractivity contribution < 1.29 is 0 Å². The number of rotatable bonds is 10. The molecule has 0 radical (unpaired) electrons. The summed E-state index contributed by atoms with van der Waals surface area (Å²) in [5.74, 6) is 5.66. The summed E-state index contributed by atoms with van der Waals surface area (Å²) < 4.78 is 14.2. The third-order valence-electron chi connectivity index (χ3n) is 26.4. The van der Waals surface area contributed by atoms with E-state index in [-0.39, 0.29) is 0 Å². The van der Waals surface area contributed by atoms with Crippen LogP contribution in [0.5, 0.6) is 0 Å². The average Bonchev–Trinajstić information content (AvgIpc) is 1.54. The zero-order valence-corrected chi connectivity index (χ0v) is 74.4. The zero-order valence-electron chi connectivity index (χ0n) is 72.8. The lowest BCUT2D eigenvalue weighted by Gasteiger charge is -2.14. The van der Waals surface area contributed by atoms with Gasteiger partial charge in [0, 0.05) is 118 Å². The summed E-state index contributed by atoms with van der Waals surface area (Å²) >= 11 is 3.68. The van der Waals surface area contributed by atoms with E-state index in [1.807, 2.05) is 132 Å². The number of hydrogen-bond donors (Lipinski definition) is 0. The van der Waals surface area contributed by atoms with Crippen molar-refractivity contribution in [2.24, 2.45) is 0 Å². The maximum absolute atomic E-state index is 5.25. The first-order valence-corrected chi connectivity index (χ1v) is 47.1. The van der Waals surface area contributed by atoms with Crippen molar-refractivity contribution in [2.45, 2.75) is 0 Å². The van der Waals surface area contributed by atoms with Crippen LogP contribution in [0.15, 0.2) is 443 Å². The number of hydrogen-bond acceptors (Lipinski definition) is 11. The Balaban J connectivity index is 0.000000104. The van der Waals surface area contributed by atoms with E-state index in [1.165, 1.54) is 121 Å². The van der Waals surface area contributed by atoms with Gasteiger partial charge >= 0.3 is 0 Å². The Morgan fingerprint density at radius 1 is 0.154 bits per heavy atom. The first-order chi connectivity index (χ1) is 67.5. The summed E-state index contributed by atoms with van der Waals surface area (Å²) in [6.45, 7) is 0. The van der Waals surface area contributed by atoms with E-state index in [4.69, 9.17) is 44.9 Å². The minimum absolute atomic E-state index is 0.579. The standard InChI is InChI=1S/C43H27N5.C41H24N4S.C37H22N4S/c1-4-16-28(17-5-1)41-44-42(29-18-6-2-7-19-29)46-43(45-41)48-36-27-15-13-25-34(36)38-32-23-11-10-22-31(32)37-33-24-12-14-26-35(33)47(39(37)40(38)48)30-20-8-3-9-21-30;1-3-14-26(15-4-1)39-42-40(27-16-5-2-6-17-27)44-41(43-39)45-32-21-11-9-19-29(32)36-34-28-18-8-7-13-25(28)23-24-31(34)35-30-20-10-12-22-33(30)46-38(35)37(36)45;1-3-13-23(14-4-1)35-38-36(24-15-5-2-6-16-24)40-37(39-35)41-29-21-11-9-19-27(29)31-25-17-7-8-18-26(25)32-28-20-10-12-22-30(28)42-34(32)33(31)41/h1-27H;1-24H;1-22H. The predicted molar refractivity (Wildman–Crippen MR) is 565 cm³/mol. The summed E-state index contributed by atoms with van der Waals surface area (Å²) in [4.78, 5) is 46.2. The Bertz CT molecular complexity index is 9700. The van der Waals surface area contributed by atoms with E-state index in [0.29, 0.717) is 52.8 Å². The van der Waals surface area contributed by atoms with Crippen LogP contribution in [0.1, 0.15) is 0 Å². The maximum Gasteiger partial charge on any atom is 0.238 e. The molecule has 0 spiro atoms. The van der Waals surface area contributed by atoms with Crippen LogP contribution in [0, 0.1) is 0 Å². The van der Waals surface area contributed by atoms with Crippen molar-refractivity contribution in [1.82, 2.24) is 63.1 Å². The molecule has 0 atom stereocenters. The molecular formula is C121H73N13S2. The van der Waals surface area contributed by atoms with Gasteiger partial charge in [-0.15, -0.1) is 22.7 Å². The van der Waals surface area contributed by atoms with Crippen molar-refractivity contribution in [1.29, 1.82) is 0 Å². The van der Waals surface area contributed by atoms with Crippen LogP contribution in [-0.4, -0.2) is 63.1 Å². The average molecular weight is 1770 g/mol. The molecule has 9 aromatic heterocycles. The van der Waals surface area contributed by atoms with E-state index >= 15 is 0 Å². The molecule has 0 aliphatic heterocycles. The van der Waals surface area contributed by atoms with Crippen LogP contribution in [0.25, 0.3) is 263 Å². The van der Waals surface area contributed by atoms with Gasteiger partial charge in [0.05, 0.1) is 53.5 Å². The SMILES string of the molecule is c1ccc(-c2nc(-c3ccccc3)nc(-n3c4ccccc4c4c5c6ccccc6ccc5c5c6ccccc6sc5c43)n2)cc1.c1ccc(-c2nc(-c3ccccc3)nc(-n3c4ccccc4c4c5ccccc5c5c6ccccc6n(-c6ccccc6)c5c43)n2)cc1.c1ccc(-c2nc(-c3ccccc3)nc(-n3c4ccccc4c4c5ccccc5c5c6ccccc6sc5c43)n2)cc1. The molecule has 29 aromatic rings. The van der Waals surface area contributed by atoms with Gasteiger partial charge in [-0.2, -0.15) is 29.9 Å². The molecule has 0 saturated carbocycles. The quantitative estimate of drug-likeness (QED) is 0.123. The smallest absolute Gasteiger partial charge is 0.238 e. The number of para-hydroxylation sites is 5. The number of benzene rings is 20. The highest BCUT2D eigenvalue weighted by atomic mass is 32.1. The lowest BCUT2D eigenvalue weighted by molar-refractivity contribution is 0.953. The van der Waals surface area contributed by atoms with Gasteiger partial charge in [-0.1, -0.05) is 394 Å². The Hall–Kier alpha value is -17.9. The molecule has 13 nitrogen and oxygen atoms in total. The van der Waals surface area contributed by atoms with Crippen LogP contribution < -0.4 is 0 Å². The van der Waals surface area contributed by atoms with Crippen molar-refractivity contribution in [3.05, 3.63) is 443 Å². The summed E-state index contributed by atoms with van der Waals surface area (Å²) in [6.07, 6.45) is 0. The lowest BCUT2D eigenvalue weighted by atomic mass is 9.94. The minimum Gasteiger partial charge on any atom is -0.307 e. The van der Waals surface area contributed by atoms with Gasteiger partial charge in [0.2, 0.25) is 17.8 Å². The van der Waals surface area contributed by atoms with Crippen LogP contribution in [0.3, 0.4) is 0 Å². The molecule has 29 rings (SSSR count). The van der Waals surface area contributed by atoms with E-state index in [0.717, 1.165) is 88.6 Å². The second kappa shape index (κ2) is 32.0. The summed E-state index contributed by atoms with van der Waals surface area (Å²) in [6, 6.07) is 155. The van der Waals surface area contributed by atoms with E-state index < -0.39 is 0 Å². The second-order valence-corrected chi connectivity index (χ2v) is 36.2. The monoisotopic (exact) mass is 1770 g/mol. The van der Waals surface area contributed by atoms with Gasteiger partial charge in [-0.25, -0.2) is 15.0 Å². The summed E-state index contributed by atoms with van der Waals surface area (Å²) in [7, 11) is 0. The summed E-state index contributed by atoms with van der Waals surface area (Å²) in [5, 5.41) is 24.6. The topological polar surface area (TPSA) is 136 Å². The number of fused-ring (bicyclic) bond motifs is 32. The number of aromatic nitrogens is 13. The highest BCUT2D eigenvalue weighted by Crippen LogP contribution is 2.53. The predicted octanol–water partition coefficient (Wildman–Crippen LogP) is 31.4. The largest absolute Gasteiger partial charge is 0.307 e. The molecule has 0 fully saturated rings. The Kier molecular flexibility index (Phi) is 18.4. The molecule has 136 heavy (non-hydrogen) atoms. The fourth-order valence-corrected chi connectivity index (χ4v) is 23.1. The van der Waals surface area contributed by atoms with Crippen LogP contribution in [0.4, 0.5) is 0 Å². The molecule has 15 heteroatoms. The first-order valence-electron chi connectivity index (χ1n) is 45.5. The second-order valence-electron chi connectivity index (χ2n) is 34.1. The highest BCUT2D eigenvalue weighted by Gasteiger charge is 2.31. The van der Waals surface area contributed by atoms with Crippen molar-refractivity contribution >= 4 is 193 Å². The van der Waals surface area contributed by atoms with Gasteiger partial charge in [0.15, 0.2) is 34.9 Å². The molecule has 0 unspecified atom stereocenters. The Morgan fingerprint density at radius 3 is 0.772 bits per heavy atom. The molecule has 0 aliphatic carbocycles. The van der Waals surface area contributed by atoms with Crippen LogP contribution in [0.2, 0.25) is 0 Å². The molecule has 0 N–H and O–H groups in total. The lowest BCUT2D eigenvalue weighted by Crippen LogP contribution is -2.07. The third-order valence-corrected chi connectivity index (χ3v) is 28.8. The molecular weight excluding hydrogens is 1700 g/mol. The fourth-order valence-electron chi connectivity index (χ4n) is 20.6. The normalized spacial score (nSPS) is 11.8. The molecule has 9 heterocycles. The van der Waals surface area contributed by atoms with Gasteiger partial charge in [-0.05, 0) is 86.2 Å². The molecule has 0 saturated heterocycles. The first kappa shape index (κ1) is 78.0. The Labute approximate surface area is 785 Å². The maximum atomic E-state index is 5.25. The summed E-state index contributed by atoms with van der Waals surface area (Å²) in [5.41, 5.74) is 15.6. The van der Waals surface area contributed by atoms with Gasteiger partial charge < -0.3 is 4.57 Å². The molecule has 634 valence electrons. The fraction of sp³-hybridized carbons (Fsp3) is 0. The molecule has 20 aromatic carbocycles. The van der Waals surface area contributed by atoms with E-state index in [2.05, 4.69) is 352 Å². The molecule has 0 amide bonds. The van der Waals surface area contributed by atoms with Gasteiger partial charge in [-0.3, -0.25) is 13.7 Å². The van der Waals surface area contributed by atoms with Gasteiger partial charge in [0.1, 0.15) is 0 Å². The van der Waals surface area contributed by atoms with E-state index in [1.54, 1.807) is 0 Å². The minimum atomic E-state index is 0.579. The Morgan fingerprint density at radius 2 is 0.404 bits per heavy atom. The van der Waals surface area contributed by atoms with Crippen LogP contribution >= 0.6 is 22.7 Å². The number of thiophene rings is 2. The van der Waals surface area contributed by atoms with Gasteiger partial charge in [0.25, 0.3) is 0 Å². The third kappa shape index (κ3) is 12.6. The van der Waals surface area contributed by atoms with Crippen LogP contribution in [-0.2, 0) is 0 Å². The number of nitrogens with zero attached hydrogens (tertiary/aromatic N) is 13. The van der Waals surface area contributed by atoms with Crippen molar-refractivity contribution in [2.75, 3.05) is 0 Å². The van der Waals surface area contributed by atoms with Crippen molar-refractivity contribution in [3.63, 3.8) is 0 Å². The molecule has 0 aliphatic rings. The highest BCUT2D eigenvalue weighted by molar-refractivity contribution is 7.27. The van der Waals surface area contributed by atoms with Crippen molar-refractivity contribution in [3.8, 4) is 91.9 Å². The van der Waals surface area contributed by atoms with E-state index in [9.17, 15) is 0 Å². The zero-order chi connectivity index (χ0) is 89.4.